The van der Waals surface area contributed by atoms with Crippen LogP contribution < -0.4 is 4.74 Å². The van der Waals surface area contributed by atoms with E-state index in [1.54, 1.807) is 39.8 Å². The number of benzene rings is 1. The van der Waals surface area contributed by atoms with Gasteiger partial charge in [-0.25, -0.2) is 0 Å². The zero-order chi connectivity index (χ0) is 16.2. The summed E-state index contributed by atoms with van der Waals surface area (Å²) >= 11 is 0. The normalized spacial score (nSPS) is 12.6. The van der Waals surface area contributed by atoms with E-state index in [1.165, 1.54) is 4.90 Å². The van der Waals surface area contributed by atoms with Crippen molar-refractivity contribution < 1.29 is 19.4 Å². The van der Waals surface area contributed by atoms with E-state index < -0.39 is 17.6 Å². The third-order valence-electron chi connectivity index (χ3n) is 3.05. The maximum atomic E-state index is 12.4. The van der Waals surface area contributed by atoms with Gasteiger partial charge in [-0.3, -0.25) is 9.59 Å². The number of amides is 1. The van der Waals surface area contributed by atoms with Gasteiger partial charge in [0.2, 0.25) is 0 Å². The first-order chi connectivity index (χ1) is 9.61. The van der Waals surface area contributed by atoms with E-state index in [0.717, 1.165) is 5.56 Å². The van der Waals surface area contributed by atoms with Gasteiger partial charge in [0, 0.05) is 5.54 Å². The monoisotopic (exact) mass is 293 g/mol. The average molecular weight is 293 g/mol. The first-order valence-electron chi connectivity index (χ1n) is 6.88. The van der Waals surface area contributed by atoms with E-state index in [0.29, 0.717) is 5.75 Å². The fourth-order valence-corrected chi connectivity index (χ4v) is 1.87. The van der Waals surface area contributed by atoms with Crippen LogP contribution in [0.3, 0.4) is 0 Å². The van der Waals surface area contributed by atoms with E-state index in [2.05, 4.69) is 0 Å². The van der Waals surface area contributed by atoms with Crippen LogP contribution in [-0.4, -0.2) is 40.1 Å². The standard InChI is InChI=1S/C16H23NO4/c1-11-6-8-13(9-7-11)21-12(2)15(20)17(10-14(18)19)16(3,4)5/h6-9,12H,10H2,1-5H3,(H,18,19). The van der Waals surface area contributed by atoms with Gasteiger partial charge >= 0.3 is 5.97 Å². The largest absolute Gasteiger partial charge is 0.481 e. The molecule has 0 radical (unpaired) electrons. The Hall–Kier alpha value is -2.04. The Balaban J connectivity index is 2.82. The molecule has 1 N–H and O–H groups in total. The summed E-state index contributed by atoms with van der Waals surface area (Å²) in [5.41, 5.74) is 0.518. The summed E-state index contributed by atoms with van der Waals surface area (Å²) in [6, 6.07) is 7.37. The van der Waals surface area contributed by atoms with Gasteiger partial charge in [-0.15, -0.1) is 0 Å². The quantitative estimate of drug-likeness (QED) is 0.905. The topological polar surface area (TPSA) is 66.8 Å². The maximum absolute atomic E-state index is 12.4. The molecule has 0 aliphatic heterocycles. The molecule has 1 rings (SSSR count). The van der Waals surface area contributed by atoms with Crippen molar-refractivity contribution in [1.82, 2.24) is 4.90 Å². The molecule has 0 aromatic heterocycles. The summed E-state index contributed by atoms with van der Waals surface area (Å²) in [5, 5.41) is 8.96. The fourth-order valence-electron chi connectivity index (χ4n) is 1.87. The zero-order valence-electron chi connectivity index (χ0n) is 13.2. The Labute approximate surface area is 125 Å². The predicted octanol–water partition coefficient (Wildman–Crippen LogP) is 2.47. The molecule has 0 fully saturated rings. The molecule has 116 valence electrons. The number of aliphatic carboxylic acids is 1. The number of hydrogen-bond acceptors (Lipinski definition) is 3. The van der Waals surface area contributed by atoms with Crippen molar-refractivity contribution >= 4 is 11.9 Å². The van der Waals surface area contributed by atoms with E-state index >= 15 is 0 Å². The van der Waals surface area contributed by atoms with Crippen molar-refractivity contribution in [2.45, 2.75) is 46.3 Å². The summed E-state index contributed by atoms with van der Waals surface area (Å²) in [5.74, 6) is -0.795. The molecule has 0 saturated carbocycles. The summed E-state index contributed by atoms with van der Waals surface area (Å²) in [7, 11) is 0. The van der Waals surface area contributed by atoms with Crippen molar-refractivity contribution in [2.75, 3.05) is 6.54 Å². The van der Waals surface area contributed by atoms with Gasteiger partial charge in [-0.2, -0.15) is 0 Å². The van der Waals surface area contributed by atoms with Crippen molar-refractivity contribution in [3.05, 3.63) is 29.8 Å². The lowest BCUT2D eigenvalue weighted by Crippen LogP contribution is -2.52. The van der Waals surface area contributed by atoms with Gasteiger partial charge in [-0.1, -0.05) is 17.7 Å². The molecule has 5 nitrogen and oxygen atoms in total. The van der Waals surface area contributed by atoms with Gasteiger partial charge in [0.25, 0.3) is 5.91 Å². The molecule has 1 unspecified atom stereocenters. The van der Waals surface area contributed by atoms with Crippen LogP contribution in [0.4, 0.5) is 0 Å². The predicted molar refractivity (Wildman–Crippen MR) is 80.4 cm³/mol. The average Bonchev–Trinajstić information content (AvgIpc) is 2.36. The second kappa shape index (κ2) is 6.61. The Morgan fingerprint density at radius 1 is 1.24 bits per heavy atom. The van der Waals surface area contributed by atoms with Crippen molar-refractivity contribution in [2.24, 2.45) is 0 Å². The van der Waals surface area contributed by atoms with Crippen LogP contribution in [0.5, 0.6) is 5.75 Å². The summed E-state index contributed by atoms with van der Waals surface area (Å²) in [4.78, 5) is 24.7. The summed E-state index contributed by atoms with van der Waals surface area (Å²) in [6.07, 6.45) is -0.744. The number of rotatable bonds is 5. The Kier molecular flexibility index (Phi) is 5.35. The highest BCUT2D eigenvalue weighted by atomic mass is 16.5. The third-order valence-corrected chi connectivity index (χ3v) is 3.05. The van der Waals surface area contributed by atoms with Crippen LogP contribution in [0.2, 0.25) is 0 Å². The van der Waals surface area contributed by atoms with Crippen LogP contribution in [-0.2, 0) is 9.59 Å². The number of hydrogen-bond donors (Lipinski definition) is 1. The van der Waals surface area contributed by atoms with Crippen LogP contribution in [0.25, 0.3) is 0 Å². The summed E-state index contributed by atoms with van der Waals surface area (Å²) < 4.78 is 5.60. The highest BCUT2D eigenvalue weighted by Gasteiger charge is 2.32. The number of nitrogens with zero attached hydrogens (tertiary/aromatic N) is 1. The smallest absolute Gasteiger partial charge is 0.323 e. The van der Waals surface area contributed by atoms with Crippen LogP contribution in [0.1, 0.15) is 33.3 Å². The molecule has 0 saturated heterocycles. The van der Waals surface area contributed by atoms with E-state index in [4.69, 9.17) is 9.84 Å². The number of carboxylic acid groups (broad SMARTS) is 1. The second-order valence-corrected chi connectivity index (χ2v) is 6.06. The van der Waals surface area contributed by atoms with Crippen molar-refractivity contribution in [3.8, 4) is 5.75 Å². The molecule has 0 bridgehead atoms. The number of carbonyl (C=O) groups is 2. The molecular formula is C16H23NO4. The molecular weight excluding hydrogens is 270 g/mol. The minimum Gasteiger partial charge on any atom is -0.481 e. The third kappa shape index (κ3) is 5.10. The molecule has 0 aliphatic carbocycles. The minimum absolute atomic E-state index is 0.342. The van der Waals surface area contributed by atoms with Gasteiger partial charge in [0.15, 0.2) is 6.10 Å². The van der Waals surface area contributed by atoms with E-state index in [1.807, 2.05) is 19.1 Å². The van der Waals surface area contributed by atoms with E-state index in [9.17, 15) is 9.59 Å². The molecule has 0 aliphatic rings. The second-order valence-electron chi connectivity index (χ2n) is 6.06. The molecule has 0 heterocycles. The molecule has 21 heavy (non-hydrogen) atoms. The lowest BCUT2D eigenvalue weighted by Gasteiger charge is -2.36. The molecule has 1 aromatic carbocycles. The first-order valence-corrected chi connectivity index (χ1v) is 6.88. The Bertz CT molecular complexity index is 502. The molecule has 0 spiro atoms. The highest BCUT2D eigenvalue weighted by Crippen LogP contribution is 2.18. The lowest BCUT2D eigenvalue weighted by atomic mass is 10.0. The van der Waals surface area contributed by atoms with Crippen LogP contribution >= 0.6 is 0 Å². The lowest BCUT2D eigenvalue weighted by molar-refractivity contribution is -0.151. The van der Waals surface area contributed by atoms with Crippen LogP contribution in [0, 0.1) is 6.92 Å². The highest BCUT2D eigenvalue weighted by molar-refractivity contribution is 5.85. The zero-order valence-corrected chi connectivity index (χ0v) is 13.2. The van der Waals surface area contributed by atoms with Gasteiger partial charge < -0.3 is 14.7 Å². The van der Waals surface area contributed by atoms with Gasteiger partial charge in [0.05, 0.1) is 0 Å². The summed E-state index contributed by atoms with van der Waals surface area (Å²) in [6.45, 7) is 8.64. The van der Waals surface area contributed by atoms with Gasteiger partial charge in [0.1, 0.15) is 12.3 Å². The minimum atomic E-state index is -1.04. The Morgan fingerprint density at radius 2 is 1.76 bits per heavy atom. The van der Waals surface area contributed by atoms with Crippen molar-refractivity contribution in [1.29, 1.82) is 0 Å². The van der Waals surface area contributed by atoms with Gasteiger partial charge in [-0.05, 0) is 46.8 Å². The maximum Gasteiger partial charge on any atom is 0.323 e. The molecule has 1 amide bonds. The van der Waals surface area contributed by atoms with E-state index in [-0.39, 0.29) is 12.5 Å². The SMILES string of the molecule is Cc1ccc(OC(C)C(=O)N(CC(=O)O)C(C)(C)C)cc1. The Morgan fingerprint density at radius 3 is 2.19 bits per heavy atom. The first kappa shape index (κ1) is 17.0. The number of ether oxygens (including phenoxy) is 1. The fraction of sp³-hybridized carbons (Fsp3) is 0.500. The van der Waals surface area contributed by atoms with Crippen molar-refractivity contribution in [3.63, 3.8) is 0 Å². The van der Waals surface area contributed by atoms with Crippen LogP contribution in [0.15, 0.2) is 24.3 Å². The number of carbonyl (C=O) groups excluding carboxylic acids is 1. The number of carboxylic acids is 1. The molecule has 1 atom stereocenters. The molecule has 1 aromatic rings. The number of aryl methyl sites for hydroxylation is 1. The molecule has 5 heteroatoms.